The van der Waals surface area contributed by atoms with E-state index in [1.54, 1.807) is 0 Å². The standard InChI is InChI=1S/C14H28N2/c1-3-14(2)7-10-16(11-8-14)12-13-6-4-5-9-15-13/h13,15H,3-12H2,1-2H3. The van der Waals surface area contributed by atoms with Gasteiger partial charge < -0.3 is 10.2 Å². The maximum absolute atomic E-state index is 3.66. The third-order valence-corrected chi connectivity index (χ3v) is 4.81. The predicted molar refractivity (Wildman–Crippen MR) is 69.7 cm³/mol. The Bertz CT molecular complexity index is 201. The zero-order valence-corrected chi connectivity index (χ0v) is 11.1. The summed E-state index contributed by atoms with van der Waals surface area (Å²) in [5.74, 6) is 0. The highest BCUT2D eigenvalue weighted by Crippen LogP contribution is 2.33. The summed E-state index contributed by atoms with van der Waals surface area (Å²) in [5, 5.41) is 3.66. The molecule has 0 aromatic rings. The topological polar surface area (TPSA) is 15.3 Å². The van der Waals surface area contributed by atoms with Gasteiger partial charge in [-0.1, -0.05) is 26.7 Å². The van der Waals surface area contributed by atoms with Crippen LogP contribution in [-0.4, -0.2) is 37.1 Å². The van der Waals surface area contributed by atoms with E-state index in [-0.39, 0.29) is 0 Å². The van der Waals surface area contributed by atoms with Crippen LogP contribution in [0.25, 0.3) is 0 Å². The molecule has 2 heteroatoms. The van der Waals surface area contributed by atoms with Gasteiger partial charge in [-0.2, -0.15) is 0 Å². The number of hydrogen-bond acceptors (Lipinski definition) is 2. The summed E-state index contributed by atoms with van der Waals surface area (Å²) < 4.78 is 0. The van der Waals surface area contributed by atoms with Crippen molar-refractivity contribution in [3.8, 4) is 0 Å². The molecule has 16 heavy (non-hydrogen) atoms. The molecule has 0 radical (unpaired) electrons. The monoisotopic (exact) mass is 224 g/mol. The molecular formula is C14H28N2. The van der Waals surface area contributed by atoms with Gasteiger partial charge >= 0.3 is 0 Å². The van der Waals surface area contributed by atoms with Gasteiger partial charge in [-0.05, 0) is 50.7 Å². The van der Waals surface area contributed by atoms with Gasteiger partial charge in [0.25, 0.3) is 0 Å². The highest BCUT2D eigenvalue weighted by Gasteiger charge is 2.29. The average Bonchev–Trinajstić information content (AvgIpc) is 2.34. The molecule has 0 amide bonds. The normalized spacial score (nSPS) is 31.5. The number of hydrogen-bond donors (Lipinski definition) is 1. The number of likely N-dealkylation sites (tertiary alicyclic amines) is 1. The van der Waals surface area contributed by atoms with Crippen molar-refractivity contribution in [2.24, 2.45) is 5.41 Å². The van der Waals surface area contributed by atoms with Crippen LogP contribution in [0, 0.1) is 5.41 Å². The molecule has 2 fully saturated rings. The Labute approximate surface area is 101 Å². The maximum atomic E-state index is 3.66. The zero-order chi connectivity index (χ0) is 11.4. The van der Waals surface area contributed by atoms with Gasteiger partial charge in [0.2, 0.25) is 0 Å². The van der Waals surface area contributed by atoms with Crippen molar-refractivity contribution >= 4 is 0 Å². The molecule has 2 saturated heterocycles. The number of piperidine rings is 2. The summed E-state index contributed by atoms with van der Waals surface area (Å²) in [6, 6.07) is 0.778. The van der Waals surface area contributed by atoms with E-state index in [0.717, 1.165) is 6.04 Å². The maximum Gasteiger partial charge on any atom is 0.0195 e. The van der Waals surface area contributed by atoms with E-state index in [9.17, 15) is 0 Å². The predicted octanol–water partition coefficient (Wildman–Crippen LogP) is 2.64. The van der Waals surface area contributed by atoms with E-state index in [1.807, 2.05) is 0 Å². The van der Waals surface area contributed by atoms with Crippen molar-refractivity contribution in [3.63, 3.8) is 0 Å². The first kappa shape index (κ1) is 12.4. The van der Waals surface area contributed by atoms with E-state index < -0.39 is 0 Å². The molecule has 0 aliphatic carbocycles. The van der Waals surface area contributed by atoms with Gasteiger partial charge in [-0.15, -0.1) is 0 Å². The van der Waals surface area contributed by atoms with Crippen LogP contribution >= 0.6 is 0 Å². The van der Waals surface area contributed by atoms with Crippen LogP contribution in [-0.2, 0) is 0 Å². The van der Waals surface area contributed by atoms with Crippen LogP contribution in [0.15, 0.2) is 0 Å². The van der Waals surface area contributed by atoms with Crippen molar-refractivity contribution in [1.29, 1.82) is 0 Å². The van der Waals surface area contributed by atoms with Crippen LogP contribution in [0.5, 0.6) is 0 Å². The Morgan fingerprint density at radius 3 is 2.56 bits per heavy atom. The second-order valence-electron chi connectivity index (χ2n) is 6.11. The molecule has 2 heterocycles. The van der Waals surface area contributed by atoms with Gasteiger partial charge in [0.15, 0.2) is 0 Å². The third kappa shape index (κ3) is 3.21. The number of nitrogens with zero attached hydrogens (tertiary/aromatic N) is 1. The molecule has 2 rings (SSSR count). The lowest BCUT2D eigenvalue weighted by atomic mass is 9.78. The molecular weight excluding hydrogens is 196 g/mol. The molecule has 2 nitrogen and oxygen atoms in total. The molecule has 1 N–H and O–H groups in total. The van der Waals surface area contributed by atoms with E-state index >= 15 is 0 Å². The zero-order valence-electron chi connectivity index (χ0n) is 11.1. The fraction of sp³-hybridized carbons (Fsp3) is 1.00. The lowest BCUT2D eigenvalue weighted by Crippen LogP contribution is -2.47. The third-order valence-electron chi connectivity index (χ3n) is 4.81. The van der Waals surface area contributed by atoms with Crippen LogP contribution in [0.4, 0.5) is 0 Å². The van der Waals surface area contributed by atoms with Crippen molar-refractivity contribution in [3.05, 3.63) is 0 Å². The summed E-state index contributed by atoms with van der Waals surface area (Å²) in [6.45, 7) is 9.98. The van der Waals surface area contributed by atoms with Gasteiger partial charge in [-0.25, -0.2) is 0 Å². The summed E-state index contributed by atoms with van der Waals surface area (Å²) in [5.41, 5.74) is 0.635. The van der Waals surface area contributed by atoms with Crippen molar-refractivity contribution in [1.82, 2.24) is 10.2 Å². The van der Waals surface area contributed by atoms with Gasteiger partial charge in [0, 0.05) is 12.6 Å². The van der Waals surface area contributed by atoms with E-state index in [4.69, 9.17) is 0 Å². The average molecular weight is 224 g/mol. The number of rotatable bonds is 3. The lowest BCUT2D eigenvalue weighted by molar-refractivity contribution is 0.103. The van der Waals surface area contributed by atoms with Gasteiger partial charge in [0.05, 0.1) is 0 Å². The molecule has 0 aromatic heterocycles. The van der Waals surface area contributed by atoms with Crippen molar-refractivity contribution in [2.75, 3.05) is 26.2 Å². The fourth-order valence-corrected chi connectivity index (χ4v) is 3.02. The van der Waals surface area contributed by atoms with E-state index in [2.05, 4.69) is 24.1 Å². The molecule has 0 spiro atoms. The SMILES string of the molecule is CCC1(C)CCN(CC2CCCCN2)CC1. The first-order valence-electron chi connectivity index (χ1n) is 7.18. The van der Waals surface area contributed by atoms with Crippen molar-refractivity contribution in [2.45, 2.75) is 58.4 Å². The van der Waals surface area contributed by atoms with Crippen LogP contribution in [0.3, 0.4) is 0 Å². The van der Waals surface area contributed by atoms with Gasteiger partial charge in [-0.3, -0.25) is 0 Å². The first-order chi connectivity index (χ1) is 7.72. The Kier molecular flexibility index (Phi) is 4.26. The van der Waals surface area contributed by atoms with E-state index in [1.165, 1.54) is 64.7 Å². The highest BCUT2D eigenvalue weighted by atomic mass is 15.2. The minimum atomic E-state index is 0.635. The second kappa shape index (κ2) is 5.50. The molecule has 2 aliphatic heterocycles. The molecule has 0 aromatic carbocycles. The second-order valence-corrected chi connectivity index (χ2v) is 6.11. The molecule has 2 aliphatic rings. The Morgan fingerprint density at radius 1 is 1.25 bits per heavy atom. The Balaban J connectivity index is 1.72. The minimum Gasteiger partial charge on any atom is -0.313 e. The largest absolute Gasteiger partial charge is 0.313 e. The number of nitrogens with one attached hydrogen (secondary N) is 1. The fourth-order valence-electron chi connectivity index (χ4n) is 3.02. The molecule has 1 unspecified atom stereocenters. The smallest absolute Gasteiger partial charge is 0.0195 e. The van der Waals surface area contributed by atoms with Crippen LogP contribution in [0.2, 0.25) is 0 Å². The Hall–Kier alpha value is -0.0800. The van der Waals surface area contributed by atoms with Crippen LogP contribution in [0.1, 0.15) is 52.4 Å². The summed E-state index contributed by atoms with van der Waals surface area (Å²) in [6.07, 6.45) is 8.35. The summed E-state index contributed by atoms with van der Waals surface area (Å²) in [4.78, 5) is 2.68. The first-order valence-corrected chi connectivity index (χ1v) is 7.18. The molecule has 0 bridgehead atoms. The minimum absolute atomic E-state index is 0.635. The molecule has 1 atom stereocenters. The quantitative estimate of drug-likeness (QED) is 0.793. The Morgan fingerprint density at radius 2 is 2.00 bits per heavy atom. The summed E-state index contributed by atoms with van der Waals surface area (Å²) in [7, 11) is 0. The lowest BCUT2D eigenvalue weighted by Gasteiger charge is -2.40. The van der Waals surface area contributed by atoms with Crippen molar-refractivity contribution < 1.29 is 0 Å². The van der Waals surface area contributed by atoms with Crippen LogP contribution < -0.4 is 5.32 Å². The van der Waals surface area contributed by atoms with E-state index in [0.29, 0.717) is 5.41 Å². The molecule has 94 valence electrons. The highest BCUT2D eigenvalue weighted by molar-refractivity contribution is 4.84. The summed E-state index contributed by atoms with van der Waals surface area (Å²) >= 11 is 0. The van der Waals surface area contributed by atoms with Gasteiger partial charge in [0.1, 0.15) is 0 Å². The molecule has 0 saturated carbocycles.